The number of esters is 1. The largest absolute Gasteiger partial charge is 0.452 e. The molecule has 164 valence electrons. The fraction of sp³-hybridized carbons (Fsp3) is 0.348. The van der Waals surface area contributed by atoms with Crippen LogP contribution in [0.4, 0.5) is 0 Å². The Kier molecular flexibility index (Phi) is 8.37. The Morgan fingerprint density at radius 1 is 1.10 bits per heavy atom. The number of benzene rings is 2. The van der Waals surface area contributed by atoms with Crippen molar-refractivity contribution in [2.75, 3.05) is 25.4 Å². The molecule has 1 unspecified atom stereocenters. The van der Waals surface area contributed by atoms with Gasteiger partial charge < -0.3 is 15.0 Å². The van der Waals surface area contributed by atoms with Crippen molar-refractivity contribution in [3.8, 4) is 0 Å². The van der Waals surface area contributed by atoms with Crippen LogP contribution < -0.4 is 5.32 Å². The first kappa shape index (κ1) is 23.2. The Hall–Kier alpha value is -2.51. The minimum Gasteiger partial charge on any atom is -0.452 e. The van der Waals surface area contributed by atoms with Gasteiger partial charge in [-0.25, -0.2) is 4.79 Å². The van der Waals surface area contributed by atoms with Crippen LogP contribution in [0.5, 0.6) is 0 Å². The van der Waals surface area contributed by atoms with Gasteiger partial charge in [-0.1, -0.05) is 35.9 Å². The molecule has 8 heteroatoms. The van der Waals surface area contributed by atoms with Crippen LogP contribution in [0.3, 0.4) is 0 Å². The zero-order chi connectivity index (χ0) is 22.2. The Balaban J connectivity index is 1.51. The van der Waals surface area contributed by atoms with E-state index in [4.69, 9.17) is 16.3 Å². The normalized spacial score (nSPS) is 14.2. The van der Waals surface area contributed by atoms with Gasteiger partial charge in [-0.2, -0.15) is 0 Å². The monoisotopic (exact) mass is 460 g/mol. The van der Waals surface area contributed by atoms with E-state index in [1.165, 1.54) is 11.8 Å². The lowest BCUT2D eigenvalue weighted by atomic mass is 10.1. The summed E-state index contributed by atoms with van der Waals surface area (Å²) in [5.41, 5.74) is 1.24. The minimum atomic E-state index is -0.592. The molecule has 0 spiro atoms. The summed E-state index contributed by atoms with van der Waals surface area (Å²) in [5.74, 6) is -0.652. The standard InChI is InChI=1S/C23H25ClN2O4S/c1-16(17-8-10-18(24)11-9-17)25-21(27)14-30-23(29)19-6-2-3-7-20(19)31-15-22(28)26-12-4-5-13-26/h2-3,6-11,16H,4-5,12-15H2,1H3,(H,25,27). The Bertz CT molecular complexity index is 929. The fourth-order valence-corrected chi connectivity index (χ4v) is 4.35. The maximum Gasteiger partial charge on any atom is 0.339 e. The van der Waals surface area contributed by atoms with E-state index in [1.54, 1.807) is 36.4 Å². The number of likely N-dealkylation sites (tertiary alicyclic amines) is 1. The number of hydrogen-bond donors (Lipinski definition) is 1. The quantitative estimate of drug-likeness (QED) is 0.474. The summed E-state index contributed by atoms with van der Waals surface area (Å²) in [6, 6.07) is 13.9. The Morgan fingerprint density at radius 2 is 1.77 bits per heavy atom. The molecule has 1 aliphatic heterocycles. The summed E-state index contributed by atoms with van der Waals surface area (Å²) in [5, 5.41) is 3.41. The molecule has 0 radical (unpaired) electrons. The molecule has 0 aliphatic carbocycles. The van der Waals surface area contributed by atoms with Crippen molar-refractivity contribution in [2.45, 2.75) is 30.7 Å². The number of carbonyl (C=O) groups is 3. The number of nitrogens with one attached hydrogen (secondary N) is 1. The molecule has 0 saturated carbocycles. The van der Waals surface area contributed by atoms with Gasteiger partial charge in [-0.3, -0.25) is 9.59 Å². The highest BCUT2D eigenvalue weighted by molar-refractivity contribution is 8.00. The number of carbonyl (C=O) groups excluding carboxylic acids is 3. The Morgan fingerprint density at radius 3 is 2.48 bits per heavy atom. The summed E-state index contributed by atoms with van der Waals surface area (Å²) >= 11 is 7.19. The SMILES string of the molecule is CC(NC(=O)COC(=O)c1ccccc1SCC(=O)N1CCCC1)c1ccc(Cl)cc1. The third kappa shape index (κ3) is 6.74. The average Bonchev–Trinajstić information content (AvgIpc) is 3.31. The predicted molar refractivity (Wildman–Crippen MR) is 121 cm³/mol. The number of amides is 2. The summed E-state index contributed by atoms with van der Waals surface area (Å²) in [6.07, 6.45) is 2.08. The first-order chi connectivity index (χ1) is 14.9. The van der Waals surface area contributed by atoms with E-state index in [-0.39, 0.29) is 24.3 Å². The van der Waals surface area contributed by atoms with Gasteiger partial charge in [0, 0.05) is 23.0 Å². The van der Waals surface area contributed by atoms with E-state index in [9.17, 15) is 14.4 Å². The molecule has 1 N–H and O–H groups in total. The van der Waals surface area contributed by atoms with E-state index in [1.807, 2.05) is 24.0 Å². The lowest BCUT2D eigenvalue weighted by Crippen LogP contribution is -2.31. The van der Waals surface area contributed by atoms with Gasteiger partial charge in [-0.15, -0.1) is 11.8 Å². The number of ether oxygens (including phenoxy) is 1. The molecular formula is C23H25ClN2O4S. The average molecular weight is 461 g/mol. The molecule has 1 aliphatic rings. The van der Waals surface area contributed by atoms with Crippen LogP contribution >= 0.6 is 23.4 Å². The molecule has 1 atom stereocenters. The highest BCUT2D eigenvalue weighted by atomic mass is 35.5. The molecule has 2 aromatic rings. The van der Waals surface area contributed by atoms with Crippen LogP contribution in [0, 0.1) is 0 Å². The number of nitrogens with zero attached hydrogens (tertiary/aromatic N) is 1. The van der Waals surface area contributed by atoms with Gasteiger partial charge >= 0.3 is 5.97 Å². The second-order valence-electron chi connectivity index (χ2n) is 7.29. The molecule has 0 aromatic heterocycles. The highest BCUT2D eigenvalue weighted by Gasteiger charge is 2.20. The number of halogens is 1. The van der Waals surface area contributed by atoms with Crippen LogP contribution in [0.25, 0.3) is 0 Å². The second-order valence-corrected chi connectivity index (χ2v) is 8.74. The smallest absolute Gasteiger partial charge is 0.339 e. The van der Waals surface area contributed by atoms with Gasteiger partial charge in [-0.05, 0) is 49.6 Å². The molecular weight excluding hydrogens is 436 g/mol. The fourth-order valence-electron chi connectivity index (χ4n) is 3.29. The summed E-state index contributed by atoms with van der Waals surface area (Å²) in [4.78, 5) is 39.5. The van der Waals surface area contributed by atoms with Crippen LogP contribution in [0.2, 0.25) is 5.02 Å². The van der Waals surface area contributed by atoms with Crippen molar-refractivity contribution in [3.63, 3.8) is 0 Å². The lowest BCUT2D eigenvalue weighted by Gasteiger charge is -2.16. The molecule has 31 heavy (non-hydrogen) atoms. The molecule has 2 aromatic carbocycles. The molecule has 6 nitrogen and oxygen atoms in total. The molecule has 1 saturated heterocycles. The third-order valence-corrected chi connectivity index (χ3v) is 6.31. The van der Waals surface area contributed by atoms with Crippen molar-refractivity contribution in [1.29, 1.82) is 0 Å². The van der Waals surface area contributed by atoms with Gasteiger partial charge in [0.2, 0.25) is 5.91 Å². The summed E-state index contributed by atoms with van der Waals surface area (Å²) in [6.45, 7) is 3.05. The van der Waals surface area contributed by atoms with E-state index >= 15 is 0 Å². The maximum absolute atomic E-state index is 12.5. The van der Waals surface area contributed by atoms with Gasteiger partial charge in [0.05, 0.1) is 17.4 Å². The first-order valence-corrected chi connectivity index (χ1v) is 11.5. The first-order valence-electron chi connectivity index (χ1n) is 10.2. The van der Waals surface area contributed by atoms with Crippen molar-refractivity contribution in [2.24, 2.45) is 0 Å². The van der Waals surface area contributed by atoms with Crippen molar-refractivity contribution in [3.05, 3.63) is 64.7 Å². The Labute approximate surface area is 191 Å². The number of hydrogen-bond acceptors (Lipinski definition) is 5. The van der Waals surface area contributed by atoms with E-state index in [0.717, 1.165) is 31.5 Å². The van der Waals surface area contributed by atoms with Crippen LogP contribution in [0.1, 0.15) is 41.7 Å². The van der Waals surface area contributed by atoms with Gasteiger partial charge in [0.25, 0.3) is 5.91 Å². The van der Waals surface area contributed by atoms with Gasteiger partial charge in [0.15, 0.2) is 6.61 Å². The second kappa shape index (κ2) is 11.2. The van der Waals surface area contributed by atoms with Crippen molar-refractivity contribution in [1.82, 2.24) is 10.2 Å². The molecule has 1 fully saturated rings. The minimum absolute atomic E-state index is 0.0706. The van der Waals surface area contributed by atoms with Crippen LogP contribution in [-0.2, 0) is 14.3 Å². The van der Waals surface area contributed by atoms with E-state index < -0.39 is 11.9 Å². The molecule has 2 amide bonds. The predicted octanol–water partition coefficient (Wildman–Crippen LogP) is 4.09. The zero-order valence-electron chi connectivity index (χ0n) is 17.3. The number of rotatable bonds is 8. The zero-order valence-corrected chi connectivity index (χ0v) is 18.9. The highest BCUT2D eigenvalue weighted by Crippen LogP contribution is 2.24. The van der Waals surface area contributed by atoms with Crippen LogP contribution in [0.15, 0.2) is 53.4 Å². The van der Waals surface area contributed by atoms with Crippen molar-refractivity contribution >= 4 is 41.1 Å². The van der Waals surface area contributed by atoms with E-state index in [0.29, 0.717) is 15.5 Å². The number of thioether (sulfide) groups is 1. The summed E-state index contributed by atoms with van der Waals surface area (Å²) < 4.78 is 5.21. The maximum atomic E-state index is 12.5. The van der Waals surface area contributed by atoms with Gasteiger partial charge in [0.1, 0.15) is 0 Å². The van der Waals surface area contributed by atoms with Crippen LogP contribution in [-0.4, -0.2) is 48.1 Å². The summed E-state index contributed by atoms with van der Waals surface area (Å²) in [7, 11) is 0. The van der Waals surface area contributed by atoms with Crippen molar-refractivity contribution < 1.29 is 19.1 Å². The van der Waals surface area contributed by atoms with E-state index in [2.05, 4.69) is 5.32 Å². The lowest BCUT2D eigenvalue weighted by molar-refractivity contribution is -0.127. The molecule has 1 heterocycles. The third-order valence-electron chi connectivity index (χ3n) is 5.00. The molecule has 0 bridgehead atoms. The topological polar surface area (TPSA) is 75.7 Å². The molecule has 3 rings (SSSR count).